The molecule has 0 bridgehead atoms. The molecule has 0 saturated heterocycles. The molecule has 1 unspecified atom stereocenters. The van der Waals surface area contributed by atoms with Crippen LogP contribution in [0.5, 0.6) is 5.75 Å². The number of ether oxygens (including phenoxy) is 2. The van der Waals surface area contributed by atoms with Gasteiger partial charge in [-0.05, 0) is 31.7 Å². The number of carbonyl (C=O) groups is 2. The molecule has 0 aliphatic carbocycles. The third-order valence-electron chi connectivity index (χ3n) is 3.06. The Morgan fingerprint density at radius 1 is 1.38 bits per heavy atom. The van der Waals surface area contributed by atoms with Gasteiger partial charge in [0, 0.05) is 6.54 Å². The Labute approximate surface area is 124 Å². The number of methoxy groups -OCH3 is 1. The number of hydrogen-bond acceptors (Lipinski definition) is 5. The predicted molar refractivity (Wildman–Crippen MR) is 77.3 cm³/mol. The van der Waals surface area contributed by atoms with Gasteiger partial charge < -0.3 is 14.6 Å². The average Bonchev–Trinajstić information content (AvgIpc) is 2.45. The molecule has 1 atom stereocenters. The van der Waals surface area contributed by atoms with Crippen molar-refractivity contribution in [3.8, 4) is 5.75 Å². The highest BCUT2D eigenvalue weighted by molar-refractivity contribution is 5.76. The quantitative estimate of drug-likeness (QED) is 0.736. The molecule has 0 saturated carbocycles. The first-order chi connectivity index (χ1) is 9.99. The molecular formula is C15H21NO5. The van der Waals surface area contributed by atoms with Crippen LogP contribution in [0.15, 0.2) is 24.3 Å². The zero-order valence-electron chi connectivity index (χ0n) is 12.5. The van der Waals surface area contributed by atoms with Gasteiger partial charge in [-0.2, -0.15) is 0 Å². The van der Waals surface area contributed by atoms with Crippen LogP contribution in [0.4, 0.5) is 0 Å². The lowest BCUT2D eigenvalue weighted by Crippen LogP contribution is -2.32. The van der Waals surface area contributed by atoms with E-state index in [0.29, 0.717) is 24.5 Å². The summed E-state index contributed by atoms with van der Waals surface area (Å²) in [4.78, 5) is 24.5. The number of rotatable bonds is 8. The second-order valence-corrected chi connectivity index (χ2v) is 4.55. The first-order valence-electron chi connectivity index (χ1n) is 6.72. The van der Waals surface area contributed by atoms with Crippen molar-refractivity contribution in [1.82, 2.24) is 4.90 Å². The normalized spacial score (nSPS) is 12.0. The summed E-state index contributed by atoms with van der Waals surface area (Å²) in [6, 6.07) is 6.06. The molecule has 1 rings (SSSR count). The highest BCUT2D eigenvalue weighted by atomic mass is 16.5. The number of benzene rings is 1. The Balaban J connectivity index is 2.80. The van der Waals surface area contributed by atoms with E-state index >= 15 is 0 Å². The van der Waals surface area contributed by atoms with E-state index in [-0.39, 0.29) is 12.4 Å². The van der Waals surface area contributed by atoms with Crippen molar-refractivity contribution in [2.24, 2.45) is 0 Å². The topological polar surface area (TPSA) is 76.1 Å². The molecule has 6 heteroatoms. The number of nitrogens with zero attached hydrogens (tertiary/aromatic N) is 1. The lowest BCUT2D eigenvalue weighted by atomic mass is 10.1. The van der Waals surface area contributed by atoms with Crippen LogP contribution in [0.2, 0.25) is 0 Å². The molecule has 6 nitrogen and oxygen atoms in total. The lowest BCUT2D eigenvalue weighted by molar-refractivity contribution is -0.146. The van der Waals surface area contributed by atoms with Crippen molar-refractivity contribution in [2.45, 2.75) is 19.4 Å². The highest BCUT2D eigenvalue weighted by Gasteiger charge is 2.25. The molecule has 0 amide bonds. The van der Waals surface area contributed by atoms with Crippen LogP contribution >= 0.6 is 0 Å². The number of aliphatic carboxylic acids is 1. The summed E-state index contributed by atoms with van der Waals surface area (Å²) in [6.45, 7) is 2.35. The Morgan fingerprint density at radius 2 is 2.10 bits per heavy atom. The maximum absolute atomic E-state index is 11.5. The summed E-state index contributed by atoms with van der Waals surface area (Å²) in [6.07, 6.45) is 0.151. The fourth-order valence-corrected chi connectivity index (χ4v) is 2.03. The minimum Gasteiger partial charge on any atom is -0.497 e. The number of carboxylic acid groups (broad SMARTS) is 1. The SMILES string of the molecule is CCOC(=O)CCN(C)C(C(=O)O)c1cccc(OC)c1. The Bertz CT molecular complexity index is 489. The van der Waals surface area contributed by atoms with Gasteiger partial charge in [0.25, 0.3) is 0 Å². The molecule has 116 valence electrons. The van der Waals surface area contributed by atoms with E-state index in [1.807, 2.05) is 0 Å². The van der Waals surface area contributed by atoms with Crippen molar-refractivity contribution in [3.05, 3.63) is 29.8 Å². The van der Waals surface area contributed by atoms with Gasteiger partial charge in [0.15, 0.2) is 0 Å². The van der Waals surface area contributed by atoms with Crippen molar-refractivity contribution in [3.63, 3.8) is 0 Å². The minimum atomic E-state index is -0.977. The van der Waals surface area contributed by atoms with E-state index in [1.54, 1.807) is 43.1 Å². The standard InChI is InChI=1S/C15H21NO5/c1-4-21-13(17)8-9-16(2)14(15(18)19)11-6-5-7-12(10-11)20-3/h5-7,10,14H,4,8-9H2,1-3H3,(H,18,19). The molecule has 0 radical (unpaired) electrons. The van der Waals surface area contributed by atoms with E-state index in [2.05, 4.69) is 0 Å². The van der Waals surface area contributed by atoms with Crippen molar-refractivity contribution >= 4 is 11.9 Å². The second kappa shape index (κ2) is 8.26. The summed E-state index contributed by atoms with van der Waals surface area (Å²) in [5.74, 6) is -0.716. The number of carbonyl (C=O) groups excluding carboxylic acids is 1. The molecule has 0 aliphatic rings. The number of hydrogen-bond donors (Lipinski definition) is 1. The molecule has 1 N–H and O–H groups in total. The summed E-state index contributed by atoms with van der Waals surface area (Å²) in [5, 5.41) is 9.43. The lowest BCUT2D eigenvalue weighted by Gasteiger charge is -2.24. The molecule has 0 aromatic heterocycles. The number of carboxylic acids is 1. The van der Waals surface area contributed by atoms with Crippen LogP contribution in [0.25, 0.3) is 0 Å². The van der Waals surface area contributed by atoms with Gasteiger partial charge in [-0.1, -0.05) is 12.1 Å². The van der Waals surface area contributed by atoms with E-state index in [4.69, 9.17) is 9.47 Å². The van der Waals surface area contributed by atoms with E-state index in [0.717, 1.165) is 0 Å². The molecule has 1 aromatic carbocycles. The predicted octanol–water partition coefficient (Wildman–Crippen LogP) is 1.71. The van der Waals surface area contributed by atoms with Gasteiger partial charge >= 0.3 is 11.9 Å². The Morgan fingerprint density at radius 3 is 2.67 bits per heavy atom. The maximum Gasteiger partial charge on any atom is 0.325 e. The highest BCUT2D eigenvalue weighted by Crippen LogP contribution is 2.23. The maximum atomic E-state index is 11.5. The van der Waals surface area contributed by atoms with Crippen LogP contribution in [0.3, 0.4) is 0 Å². The Kier molecular flexibility index (Phi) is 6.68. The zero-order chi connectivity index (χ0) is 15.8. The first-order valence-corrected chi connectivity index (χ1v) is 6.72. The van der Waals surface area contributed by atoms with E-state index < -0.39 is 12.0 Å². The van der Waals surface area contributed by atoms with Crippen LogP contribution in [0, 0.1) is 0 Å². The van der Waals surface area contributed by atoms with E-state index in [1.165, 1.54) is 7.11 Å². The molecular weight excluding hydrogens is 274 g/mol. The van der Waals surface area contributed by atoms with Gasteiger partial charge in [0.1, 0.15) is 11.8 Å². The smallest absolute Gasteiger partial charge is 0.325 e. The van der Waals surface area contributed by atoms with Crippen molar-refractivity contribution in [1.29, 1.82) is 0 Å². The van der Waals surface area contributed by atoms with Crippen LogP contribution in [0.1, 0.15) is 24.9 Å². The molecule has 0 aliphatic heterocycles. The molecule has 0 spiro atoms. The third kappa shape index (κ3) is 5.07. The van der Waals surface area contributed by atoms with Crippen LogP contribution < -0.4 is 4.74 Å². The van der Waals surface area contributed by atoms with Crippen LogP contribution in [-0.4, -0.2) is 49.3 Å². The number of likely N-dealkylation sites (N-methyl/N-ethyl adjacent to an activating group) is 1. The van der Waals surface area contributed by atoms with Gasteiger partial charge in [-0.15, -0.1) is 0 Å². The van der Waals surface area contributed by atoms with Gasteiger partial charge in [0.2, 0.25) is 0 Å². The minimum absolute atomic E-state index is 0.151. The molecule has 1 aromatic rings. The summed E-state index contributed by atoms with van der Waals surface area (Å²) in [5.41, 5.74) is 0.605. The van der Waals surface area contributed by atoms with Gasteiger partial charge in [-0.3, -0.25) is 14.5 Å². The third-order valence-corrected chi connectivity index (χ3v) is 3.06. The first kappa shape index (κ1) is 17.0. The largest absolute Gasteiger partial charge is 0.497 e. The summed E-state index contributed by atoms with van der Waals surface area (Å²) in [7, 11) is 3.19. The van der Waals surface area contributed by atoms with Crippen molar-refractivity contribution < 1.29 is 24.2 Å². The molecule has 21 heavy (non-hydrogen) atoms. The average molecular weight is 295 g/mol. The summed E-state index contributed by atoms with van der Waals surface area (Å²) < 4.78 is 9.95. The summed E-state index contributed by atoms with van der Waals surface area (Å²) >= 11 is 0. The number of esters is 1. The van der Waals surface area contributed by atoms with Crippen LogP contribution in [-0.2, 0) is 14.3 Å². The van der Waals surface area contributed by atoms with Crippen molar-refractivity contribution in [2.75, 3.05) is 27.3 Å². The molecule has 0 fully saturated rings. The Hall–Kier alpha value is -2.08. The van der Waals surface area contributed by atoms with Gasteiger partial charge in [-0.25, -0.2) is 0 Å². The van der Waals surface area contributed by atoms with Gasteiger partial charge in [0.05, 0.1) is 20.1 Å². The zero-order valence-corrected chi connectivity index (χ0v) is 12.5. The molecule has 0 heterocycles. The second-order valence-electron chi connectivity index (χ2n) is 4.55. The fraction of sp³-hybridized carbons (Fsp3) is 0.467. The van der Waals surface area contributed by atoms with E-state index in [9.17, 15) is 14.7 Å². The fourth-order valence-electron chi connectivity index (χ4n) is 2.03. The monoisotopic (exact) mass is 295 g/mol.